The summed E-state index contributed by atoms with van der Waals surface area (Å²) < 4.78 is 11.1. The Morgan fingerprint density at radius 3 is 3.00 bits per heavy atom. The maximum Gasteiger partial charge on any atom is 0.106 e. The number of methoxy groups -OCH3 is 1. The van der Waals surface area contributed by atoms with Crippen LogP contribution in [0.1, 0.15) is 29.5 Å². The van der Waals surface area contributed by atoms with Crippen molar-refractivity contribution in [1.29, 1.82) is 0 Å². The predicted octanol–water partition coefficient (Wildman–Crippen LogP) is 2.07. The zero-order valence-corrected chi connectivity index (χ0v) is 11.7. The molecule has 0 radical (unpaired) electrons. The molecule has 1 aliphatic heterocycles. The molecule has 1 N–H and O–H groups in total. The highest BCUT2D eigenvalue weighted by molar-refractivity contribution is 5.35. The van der Waals surface area contributed by atoms with E-state index in [1.54, 1.807) is 18.2 Å². The standard InChI is InChI=1S/C16H23NO2/c1-18-16(7-8-19-12-16)11-17-10-13-5-6-14-3-2-4-15(14)9-13/h5-6,9,17H,2-4,7-8,10-12H2,1H3. The van der Waals surface area contributed by atoms with Gasteiger partial charge >= 0.3 is 0 Å². The minimum absolute atomic E-state index is 0.114. The molecule has 3 heteroatoms. The van der Waals surface area contributed by atoms with E-state index in [2.05, 4.69) is 23.5 Å². The minimum Gasteiger partial charge on any atom is -0.378 e. The highest BCUT2D eigenvalue weighted by Gasteiger charge is 2.34. The first-order valence-electron chi connectivity index (χ1n) is 7.26. The summed E-state index contributed by atoms with van der Waals surface area (Å²) in [6.45, 7) is 3.30. The van der Waals surface area contributed by atoms with Gasteiger partial charge < -0.3 is 14.8 Å². The normalized spacial score (nSPS) is 25.7. The van der Waals surface area contributed by atoms with Crippen LogP contribution in [0.3, 0.4) is 0 Å². The summed E-state index contributed by atoms with van der Waals surface area (Å²) in [4.78, 5) is 0. The number of hydrogen-bond acceptors (Lipinski definition) is 3. The van der Waals surface area contributed by atoms with Gasteiger partial charge in [-0.05, 0) is 36.0 Å². The van der Waals surface area contributed by atoms with Crippen LogP contribution in [0.4, 0.5) is 0 Å². The topological polar surface area (TPSA) is 30.5 Å². The molecule has 104 valence electrons. The Morgan fingerprint density at radius 1 is 1.32 bits per heavy atom. The molecule has 0 spiro atoms. The maximum atomic E-state index is 5.62. The van der Waals surface area contributed by atoms with Crippen LogP contribution >= 0.6 is 0 Å². The van der Waals surface area contributed by atoms with E-state index in [1.807, 2.05) is 0 Å². The lowest BCUT2D eigenvalue weighted by atomic mass is 10.0. The third-order valence-electron chi connectivity index (χ3n) is 4.44. The molecule has 1 aromatic carbocycles. The van der Waals surface area contributed by atoms with Crippen molar-refractivity contribution in [3.63, 3.8) is 0 Å². The van der Waals surface area contributed by atoms with E-state index in [9.17, 15) is 0 Å². The van der Waals surface area contributed by atoms with Gasteiger partial charge in [-0.2, -0.15) is 0 Å². The van der Waals surface area contributed by atoms with Crippen LogP contribution < -0.4 is 5.32 Å². The molecule has 0 bridgehead atoms. The van der Waals surface area contributed by atoms with Gasteiger partial charge in [-0.3, -0.25) is 0 Å². The zero-order chi connectivity index (χ0) is 13.1. The van der Waals surface area contributed by atoms with Gasteiger partial charge in [-0.15, -0.1) is 0 Å². The summed E-state index contributed by atoms with van der Waals surface area (Å²) in [6.07, 6.45) is 4.81. The Balaban J connectivity index is 1.55. The molecule has 0 aromatic heterocycles. The molecule has 1 aromatic rings. The molecule has 3 nitrogen and oxygen atoms in total. The van der Waals surface area contributed by atoms with Gasteiger partial charge in [0.15, 0.2) is 0 Å². The fourth-order valence-electron chi connectivity index (χ4n) is 3.13. The van der Waals surface area contributed by atoms with Crippen molar-refractivity contribution < 1.29 is 9.47 Å². The summed E-state index contributed by atoms with van der Waals surface area (Å²) in [5.74, 6) is 0. The number of rotatable bonds is 5. The first-order valence-corrected chi connectivity index (χ1v) is 7.26. The average Bonchev–Trinajstić information content (AvgIpc) is 3.07. The van der Waals surface area contributed by atoms with Crippen molar-refractivity contribution in [3.8, 4) is 0 Å². The highest BCUT2D eigenvalue weighted by atomic mass is 16.5. The lowest BCUT2D eigenvalue weighted by Crippen LogP contribution is -2.42. The molecule has 0 amide bonds. The molecule has 3 rings (SSSR count). The SMILES string of the molecule is COC1(CNCc2ccc3c(c2)CCC3)CCOC1. The number of benzene rings is 1. The maximum absolute atomic E-state index is 5.62. The average molecular weight is 261 g/mol. The van der Waals surface area contributed by atoms with Crippen LogP contribution in [-0.4, -0.2) is 32.5 Å². The Kier molecular flexibility index (Phi) is 3.87. The molecule has 2 aliphatic rings. The Hall–Kier alpha value is -0.900. The van der Waals surface area contributed by atoms with Crippen molar-refractivity contribution >= 4 is 0 Å². The monoisotopic (exact) mass is 261 g/mol. The number of nitrogens with one attached hydrogen (secondary N) is 1. The second-order valence-electron chi connectivity index (χ2n) is 5.75. The summed E-state index contributed by atoms with van der Waals surface area (Å²) >= 11 is 0. The second-order valence-corrected chi connectivity index (χ2v) is 5.75. The van der Waals surface area contributed by atoms with Crippen molar-refractivity contribution in [2.45, 2.75) is 37.8 Å². The Morgan fingerprint density at radius 2 is 2.21 bits per heavy atom. The van der Waals surface area contributed by atoms with Crippen LogP contribution in [0.5, 0.6) is 0 Å². The van der Waals surface area contributed by atoms with Crippen LogP contribution in [0.2, 0.25) is 0 Å². The predicted molar refractivity (Wildman–Crippen MR) is 75.3 cm³/mol. The van der Waals surface area contributed by atoms with Gasteiger partial charge in [0.1, 0.15) is 5.60 Å². The lowest BCUT2D eigenvalue weighted by molar-refractivity contribution is -0.0159. The largest absolute Gasteiger partial charge is 0.378 e. The van der Waals surface area contributed by atoms with Crippen molar-refractivity contribution in [1.82, 2.24) is 5.32 Å². The molecular weight excluding hydrogens is 238 g/mol. The molecule has 1 heterocycles. The third-order valence-corrected chi connectivity index (χ3v) is 4.44. The van der Waals surface area contributed by atoms with E-state index in [1.165, 1.54) is 24.8 Å². The highest BCUT2D eigenvalue weighted by Crippen LogP contribution is 2.24. The molecule has 1 saturated heterocycles. The van der Waals surface area contributed by atoms with Gasteiger partial charge in [0.25, 0.3) is 0 Å². The Bertz CT molecular complexity index is 438. The van der Waals surface area contributed by atoms with E-state index < -0.39 is 0 Å². The first kappa shape index (κ1) is 13.1. The van der Waals surface area contributed by atoms with Gasteiger partial charge in [0, 0.05) is 33.2 Å². The summed E-state index contributed by atoms with van der Waals surface area (Å²) in [7, 11) is 1.78. The van der Waals surface area contributed by atoms with Gasteiger partial charge in [0.05, 0.1) is 6.61 Å². The third kappa shape index (κ3) is 2.83. The van der Waals surface area contributed by atoms with Crippen LogP contribution in [-0.2, 0) is 28.9 Å². The number of hydrogen-bond donors (Lipinski definition) is 1. The van der Waals surface area contributed by atoms with Gasteiger partial charge in [-0.1, -0.05) is 18.2 Å². The molecule has 1 fully saturated rings. The fraction of sp³-hybridized carbons (Fsp3) is 0.625. The number of ether oxygens (including phenoxy) is 2. The van der Waals surface area contributed by atoms with Crippen molar-refractivity contribution in [2.75, 3.05) is 26.9 Å². The second kappa shape index (κ2) is 5.61. The molecule has 19 heavy (non-hydrogen) atoms. The van der Waals surface area contributed by atoms with Crippen molar-refractivity contribution in [3.05, 3.63) is 34.9 Å². The van der Waals surface area contributed by atoms with Crippen LogP contribution in [0.25, 0.3) is 0 Å². The van der Waals surface area contributed by atoms with Gasteiger partial charge in [0.2, 0.25) is 0 Å². The first-order chi connectivity index (χ1) is 9.31. The quantitative estimate of drug-likeness (QED) is 0.880. The molecule has 1 unspecified atom stereocenters. The molecule has 0 saturated carbocycles. The molecular formula is C16H23NO2. The van der Waals surface area contributed by atoms with E-state index >= 15 is 0 Å². The summed E-state index contributed by atoms with van der Waals surface area (Å²) in [5.41, 5.74) is 4.36. The van der Waals surface area contributed by atoms with Crippen LogP contribution in [0.15, 0.2) is 18.2 Å². The van der Waals surface area contributed by atoms with E-state index in [4.69, 9.17) is 9.47 Å². The Labute approximate surface area is 115 Å². The van der Waals surface area contributed by atoms with Crippen molar-refractivity contribution in [2.24, 2.45) is 0 Å². The smallest absolute Gasteiger partial charge is 0.106 e. The van der Waals surface area contributed by atoms with E-state index in [0.717, 1.165) is 26.1 Å². The van der Waals surface area contributed by atoms with E-state index in [0.29, 0.717) is 6.61 Å². The summed E-state index contributed by atoms with van der Waals surface area (Å²) in [5, 5.41) is 3.52. The summed E-state index contributed by atoms with van der Waals surface area (Å²) in [6, 6.07) is 6.91. The number of fused-ring (bicyclic) bond motifs is 1. The zero-order valence-electron chi connectivity index (χ0n) is 11.7. The fourth-order valence-corrected chi connectivity index (χ4v) is 3.13. The molecule has 1 atom stereocenters. The lowest BCUT2D eigenvalue weighted by Gasteiger charge is -2.26. The van der Waals surface area contributed by atoms with E-state index in [-0.39, 0.29) is 5.60 Å². The van der Waals surface area contributed by atoms with Crippen LogP contribution in [0, 0.1) is 0 Å². The minimum atomic E-state index is -0.114. The van der Waals surface area contributed by atoms with Gasteiger partial charge in [-0.25, -0.2) is 0 Å². The molecule has 1 aliphatic carbocycles. The number of aryl methyl sites for hydroxylation is 2.